The topological polar surface area (TPSA) is 23.1 Å². The third-order valence-corrected chi connectivity index (χ3v) is 8.07. The number of quaternary nitrogens is 1. The summed E-state index contributed by atoms with van der Waals surface area (Å²) in [5.41, 5.74) is 3.33. The van der Waals surface area contributed by atoms with E-state index < -0.39 is 0 Å². The van der Waals surface area contributed by atoms with E-state index >= 15 is 0 Å². The molecule has 0 N–H and O–H groups in total. The number of nitrogens with zero attached hydrogens (tertiary/aromatic N) is 1. The third kappa shape index (κ3) is 17.3. The number of rotatable bonds is 19. The van der Waals surface area contributed by atoms with E-state index in [1.54, 1.807) is 12.1 Å². The maximum absolute atomic E-state index is 11.5. The fourth-order valence-corrected chi connectivity index (χ4v) is 5.59. The van der Waals surface area contributed by atoms with Crippen LogP contribution in [-0.4, -0.2) is 25.1 Å². The Bertz CT molecular complexity index is 1030. The molecule has 3 heteroatoms. The van der Waals surface area contributed by atoms with Crippen molar-refractivity contribution in [3.8, 4) is 5.75 Å². The van der Waals surface area contributed by atoms with Crippen molar-refractivity contribution < 1.29 is 9.59 Å². The van der Waals surface area contributed by atoms with E-state index in [0.29, 0.717) is 11.4 Å². The summed E-state index contributed by atoms with van der Waals surface area (Å²) in [6.07, 6.45) is 20.8. The predicted octanol–water partition coefficient (Wildman–Crippen LogP) is 10.7. The number of benzene rings is 3. The fourth-order valence-electron chi connectivity index (χ4n) is 5.39. The second-order valence-corrected chi connectivity index (χ2v) is 12.8. The van der Waals surface area contributed by atoms with Gasteiger partial charge in [0.2, 0.25) is 0 Å². The lowest BCUT2D eigenvalue weighted by molar-refractivity contribution is -0.903. The van der Waals surface area contributed by atoms with Crippen molar-refractivity contribution in [3.05, 3.63) is 101 Å². The van der Waals surface area contributed by atoms with Gasteiger partial charge in [0, 0.05) is 10.6 Å². The Hall–Kier alpha value is -2.29. The molecule has 3 aromatic rings. The first-order valence-electron chi connectivity index (χ1n) is 16.2. The van der Waals surface area contributed by atoms with Gasteiger partial charge in [-0.2, -0.15) is 0 Å². The van der Waals surface area contributed by atoms with Crippen molar-refractivity contribution in [1.82, 2.24) is 0 Å². The Balaban J connectivity index is 0.000000329. The lowest BCUT2D eigenvalue weighted by Gasteiger charge is -2.30. The first-order chi connectivity index (χ1) is 19.9. The van der Waals surface area contributed by atoms with Gasteiger partial charge in [0.1, 0.15) is 6.54 Å². The summed E-state index contributed by atoms with van der Waals surface area (Å²) < 4.78 is 1.11. The molecule has 3 aromatic carbocycles. The molecular formula is C38H56ClNO. The largest absolute Gasteiger partial charge is 0.872 e. The molecule has 0 aromatic heterocycles. The second-order valence-electron chi connectivity index (χ2n) is 12.3. The van der Waals surface area contributed by atoms with Crippen LogP contribution in [0.25, 0.3) is 0 Å². The highest BCUT2D eigenvalue weighted by atomic mass is 35.5. The number of hydrogen-bond donors (Lipinski definition) is 0. The van der Waals surface area contributed by atoms with Gasteiger partial charge in [-0.25, -0.2) is 0 Å². The van der Waals surface area contributed by atoms with Crippen LogP contribution in [0.2, 0.25) is 5.02 Å². The average Bonchev–Trinajstić information content (AvgIpc) is 2.96. The summed E-state index contributed by atoms with van der Waals surface area (Å²) in [4.78, 5) is 0. The highest BCUT2D eigenvalue weighted by Crippen LogP contribution is 2.22. The summed E-state index contributed by atoms with van der Waals surface area (Å²) in [7, 11) is 4.74. The van der Waals surface area contributed by atoms with Crippen LogP contribution in [0.3, 0.4) is 0 Å². The van der Waals surface area contributed by atoms with E-state index in [0.717, 1.165) is 22.2 Å². The van der Waals surface area contributed by atoms with Crippen LogP contribution >= 0.6 is 11.6 Å². The van der Waals surface area contributed by atoms with Gasteiger partial charge in [-0.15, -0.1) is 5.75 Å². The molecule has 41 heavy (non-hydrogen) atoms. The minimum Gasteiger partial charge on any atom is -0.872 e. The average molecular weight is 578 g/mol. The molecule has 0 heterocycles. The van der Waals surface area contributed by atoms with Gasteiger partial charge in [0.15, 0.2) is 0 Å². The molecule has 0 unspecified atom stereocenters. The minimum atomic E-state index is 0.0447. The van der Waals surface area contributed by atoms with E-state index in [1.807, 2.05) is 30.3 Å². The molecule has 226 valence electrons. The molecule has 0 fully saturated rings. The summed E-state index contributed by atoms with van der Waals surface area (Å²) in [5.74, 6) is 0.0447. The van der Waals surface area contributed by atoms with Crippen molar-refractivity contribution in [3.63, 3.8) is 0 Å². The maximum Gasteiger partial charge on any atom is 0.104 e. The standard InChI is InChI=1S/C25H46N.C13H11ClO/c1-4-5-6-7-8-9-10-11-12-13-14-15-16-20-23-26(2,3)24-25-21-18-17-19-22-25;14-12-6-7-13(15)11(9-12)8-10-4-2-1-3-5-10/h17-19,21-22H,4-16,20,23-24H2,1-3H3;1-7,9,15H,8H2/q+1;/p-1. The van der Waals surface area contributed by atoms with Crippen LogP contribution in [0.1, 0.15) is 114 Å². The summed E-state index contributed by atoms with van der Waals surface area (Å²) in [6.45, 7) is 4.75. The summed E-state index contributed by atoms with van der Waals surface area (Å²) >= 11 is 5.84. The highest BCUT2D eigenvalue weighted by Gasteiger charge is 2.14. The summed E-state index contributed by atoms with van der Waals surface area (Å²) in [5, 5.41) is 12.1. The van der Waals surface area contributed by atoms with Crippen molar-refractivity contribution in [2.24, 2.45) is 0 Å². The van der Waals surface area contributed by atoms with Gasteiger partial charge < -0.3 is 9.59 Å². The lowest BCUT2D eigenvalue weighted by atomic mass is 10.0. The van der Waals surface area contributed by atoms with Crippen LogP contribution in [-0.2, 0) is 13.0 Å². The van der Waals surface area contributed by atoms with Gasteiger partial charge in [-0.05, 0) is 37.0 Å². The number of hydrogen-bond acceptors (Lipinski definition) is 1. The number of unbranched alkanes of at least 4 members (excludes halogenated alkanes) is 13. The van der Waals surface area contributed by atoms with Crippen LogP contribution in [0.15, 0.2) is 78.9 Å². The second kappa shape index (κ2) is 21.4. The molecular weight excluding hydrogens is 522 g/mol. The molecule has 0 bridgehead atoms. The van der Waals surface area contributed by atoms with E-state index in [9.17, 15) is 5.11 Å². The normalized spacial score (nSPS) is 11.2. The quantitative estimate of drug-likeness (QED) is 0.103. The molecule has 0 amide bonds. The Morgan fingerprint density at radius 2 is 1.05 bits per heavy atom. The van der Waals surface area contributed by atoms with Crippen LogP contribution in [0, 0.1) is 0 Å². The van der Waals surface area contributed by atoms with Gasteiger partial charge >= 0.3 is 0 Å². The zero-order valence-corrected chi connectivity index (χ0v) is 27.0. The molecule has 3 rings (SSSR count). The first-order valence-corrected chi connectivity index (χ1v) is 16.6. The molecule has 0 aliphatic rings. The Labute approximate surface area is 257 Å². The minimum absolute atomic E-state index is 0.0447. The third-order valence-electron chi connectivity index (χ3n) is 7.83. The van der Waals surface area contributed by atoms with E-state index in [2.05, 4.69) is 51.4 Å². The Kier molecular flexibility index (Phi) is 18.2. The van der Waals surface area contributed by atoms with Crippen molar-refractivity contribution >= 4 is 11.6 Å². The smallest absolute Gasteiger partial charge is 0.104 e. The Morgan fingerprint density at radius 1 is 0.585 bits per heavy atom. The molecule has 0 saturated carbocycles. The maximum atomic E-state index is 11.5. The van der Waals surface area contributed by atoms with Crippen molar-refractivity contribution in [1.29, 1.82) is 0 Å². The summed E-state index contributed by atoms with van der Waals surface area (Å²) in [6, 6.07) is 25.7. The van der Waals surface area contributed by atoms with Gasteiger partial charge in [-0.1, -0.05) is 168 Å². The zero-order chi connectivity index (χ0) is 29.6. The molecule has 2 nitrogen and oxygen atoms in total. The van der Waals surface area contributed by atoms with Crippen LogP contribution in [0.4, 0.5) is 0 Å². The lowest BCUT2D eigenvalue weighted by Crippen LogP contribution is -2.39. The van der Waals surface area contributed by atoms with E-state index in [1.165, 1.54) is 108 Å². The molecule has 0 radical (unpaired) electrons. The molecule has 0 spiro atoms. The predicted molar refractivity (Wildman–Crippen MR) is 178 cm³/mol. The van der Waals surface area contributed by atoms with Crippen LogP contribution < -0.4 is 5.11 Å². The SMILES string of the molecule is CCCCCCCCCCCCCCCC[N+](C)(C)Cc1ccccc1.[O-]c1ccc(Cl)cc1Cc1ccccc1. The van der Waals surface area contributed by atoms with E-state index in [-0.39, 0.29) is 5.75 Å². The van der Waals surface area contributed by atoms with Gasteiger partial charge in [0.25, 0.3) is 0 Å². The molecule has 0 aliphatic carbocycles. The van der Waals surface area contributed by atoms with Gasteiger partial charge in [-0.3, -0.25) is 0 Å². The highest BCUT2D eigenvalue weighted by molar-refractivity contribution is 6.30. The number of halogens is 1. The fraction of sp³-hybridized carbons (Fsp3) is 0.526. The zero-order valence-electron chi connectivity index (χ0n) is 26.3. The van der Waals surface area contributed by atoms with Crippen molar-refractivity contribution in [2.45, 2.75) is 110 Å². The molecule has 0 aliphatic heterocycles. The molecule has 0 saturated heterocycles. The molecule has 0 atom stereocenters. The van der Waals surface area contributed by atoms with E-state index in [4.69, 9.17) is 11.6 Å². The van der Waals surface area contributed by atoms with Gasteiger partial charge in [0.05, 0.1) is 20.6 Å². The Morgan fingerprint density at radius 3 is 1.56 bits per heavy atom. The monoisotopic (exact) mass is 577 g/mol. The van der Waals surface area contributed by atoms with Crippen molar-refractivity contribution in [2.75, 3.05) is 20.6 Å². The van der Waals surface area contributed by atoms with Crippen LogP contribution in [0.5, 0.6) is 5.75 Å². The first kappa shape index (κ1) is 34.9.